The molecule has 41 heavy (non-hydrogen) atoms. The first-order valence-corrected chi connectivity index (χ1v) is 12.7. The first-order chi connectivity index (χ1) is 19.6. The van der Waals surface area contributed by atoms with Crippen LogP contribution in [0.2, 0.25) is 0 Å². The second-order valence-corrected chi connectivity index (χ2v) is 9.47. The second-order valence-electron chi connectivity index (χ2n) is 9.47. The lowest BCUT2D eigenvalue weighted by Crippen LogP contribution is -2.42. The van der Waals surface area contributed by atoms with Crippen molar-refractivity contribution in [2.24, 2.45) is 0 Å². The van der Waals surface area contributed by atoms with Crippen molar-refractivity contribution in [1.29, 1.82) is 0 Å². The number of para-hydroxylation sites is 1. The molecule has 216 valence electrons. The van der Waals surface area contributed by atoms with Crippen molar-refractivity contribution in [3.8, 4) is 11.6 Å². The number of carbonyl (C=O) groups is 1. The maximum Gasteiger partial charge on any atom is 0.437 e. The van der Waals surface area contributed by atoms with Crippen LogP contribution < -0.4 is 20.3 Å². The predicted octanol–water partition coefficient (Wildman–Crippen LogP) is 5.39. The molecular formula is C27H26F5N7O2. The van der Waals surface area contributed by atoms with Gasteiger partial charge in [0.15, 0.2) is 17.3 Å². The van der Waals surface area contributed by atoms with Gasteiger partial charge in [0.25, 0.3) is 0 Å². The number of nitrogens with zero attached hydrogens (tertiary/aromatic N) is 4. The van der Waals surface area contributed by atoms with Gasteiger partial charge in [-0.25, -0.2) is 18.3 Å². The van der Waals surface area contributed by atoms with E-state index in [0.717, 1.165) is 18.3 Å². The van der Waals surface area contributed by atoms with Crippen molar-refractivity contribution in [3.05, 3.63) is 83.2 Å². The van der Waals surface area contributed by atoms with Crippen molar-refractivity contribution in [3.63, 3.8) is 0 Å². The summed E-state index contributed by atoms with van der Waals surface area (Å²) < 4.78 is 75.7. The molecular weight excluding hydrogens is 549 g/mol. The number of anilines is 2. The van der Waals surface area contributed by atoms with E-state index in [1.165, 1.54) is 15.6 Å². The average molecular weight is 576 g/mol. The first-order valence-electron chi connectivity index (χ1n) is 12.7. The van der Waals surface area contributed by atoms with Crippen molar-refractivity contribution in [2.45, 2.75) is 32.0 Å². The fourth-order valence-electron chi connectivity index (χ4n) is 4.93. The Hall–Kier alpha value is -4.62. The highest BCUT2D eigenvalue weighted by Gasteiger charge is 2.42. The average Bonchev–Trinajstić information content (AvgIpc) is 3.65. The van der Waals surface area contributed by atoms with Crippen LogP contribution in [-0.2, 0) is 6.18 Å². The zero-order valence-corrected chi connectivity index (χ0v) is 22.0. The molecule has 2 aromatic heterocycles. The number of urea groups is 1. The molecule has 4 aromatic rings. The number of aromatic amines is 1. The van der Waals surface area contributed by atoms with E-state index in [0.29, 0.717) is 35.1 Å². The molecule has 1 fully saturated rings. The van der Waals surface area contributed by atoms with Crippen LogP contribution in [0.5, 0.6) is 5.88 Å². The van der Waals surface area contributed by atoms with Gasteiger partial charge in [0.1, 0.15) is 5.82 Å². The minimum Gasteiger partial charge on any atom is -0.477 e. The summed E-state index contributed by atoms with van der Waals surface area (Å²) in [5.41, 5.74) is 0.206. The minimum atomic E-state index is -4.72. The molecule has 2 atom stereocenters. The van der Waals surface area contributed by atoms with Crippen molar-refractivity contribution in [1.82, 2.24) is 25.3 Å². The van der Waals surface area contributed by atoms with Crippen molar-refractivity contribution in [2.75, 3.05) is 29.9 Å². The molecule has 14 heteroatoms. The standard InChI is InChI=1S/C27H26F5N7O2/c1-3-41-25-15(2)24(39(37-25)17-7-5-4-6-8-17)35-26(40)34-21-14-38(22-12-33-36-23(22)27(30,31)32)13-18(21)16-9-10-19(28)20(29)11-16/h4-12,18,21H,3,13-14H2,1-2H3,(H,33,36)(H2,34,35,40)/t18-,21+/m0/s1. The van der Waals surface area contributed by atoms with Crippen molar-refractivity contribution < 1.29 is 31.5 Å². The molecule has 3 heterocycles. The van der Waals surface area contributed by atoms with Gasteiger partial charge in [-0.3, -0.25) is 10.4 Å². The van der Waals surface area contributed by atoms with E-state index in [4.69, 9.17) is 4.74 Å². The van der Waals surface area contributed by atoms with E-state index < -0.39 is 41.5 Å². The van der Waals surface area contributed by atoms with Gasteiger partial charge in [-0.1, -0.05) is 24.3 Å². The lowest BCUT2D eigenvalue weighted by atomic mass is 9.94. The fraction of sp³-hybridized carbons (Fsp3) is 0.296. The maximum absolute atomic E-state index is 14.1. The molecule has 1 aliphatic rings. The summed E-state index contributed by atoms with van der Waals surface area (Å²) in [6, 6.07) is 10.9. The van der Waals surface area contributed by atoms with Crippen LogP contribution in [0.15, 0.2) is 54.7 Å². The number of H-pyrrole nitrogens is 1. The normalized spacial score (nSPS) is 17.1. The van der Waals surface area contributed by atoms with Gasteiger partial charge >= 0.3 is 12.2 Å². The topological polar surface area (TPSA) is 100 Å². The van der Waals surface area contributed by atoms with E-state index in [2.05, 4.69) is 25.9 Å². The molecule has 0 bridgehead atoms. The Labute approximate surface area is 231 Å². The third-order valence-corrected chi connectivity index (χ3v) is 6.83. The van der Waals surface area contributed by atoms with Crippen LogP contribution in [0.25, 0.3) is 5.69 Å². The lowest BCUT2D eigenvalue weighted by Gasteiger charge is -2.21. The lowest BCUT2D eigenvalue weighted by molar-refractivity contribution is -0.140. The van der Waals surface area contributed by atoms with Gasteiger partial charge in [0.05, 0.1) is 29.6 Å². The molecule has 0 unspecified atom stereocenters. The Morgan fingerprint density at radius 1 is 1.12 bits per heavy atom. The van der Waals surface area contributed by atoms with E-state index in [1.807, 2.05) is 6.07 Å². The number of amides is 2. The smallest absolute Gasteiger partial charge is 0.437 e. The number of nitrogens with one attached hydrogen (secondary N) is 3. The van der Waals surface area contributed by atoms with Gasteiger partial charge in [-0.15, -0.1) is 5.10 Å². The third-order valence-electron chi connectivity index (χ3n) is 6.83. The number of carbonyl (C=O) groups excluding carboxylic acids is 1. The Morgan fingerprint density at radius 3 is 2.56 bits per heavy atom. The summed E-state index contributed by atoms with van der Waals surface area (Å²) in [7, 11) is 0. The Bertz CT molecular complexity index is 1540. The van der Waals surface area contributed by atoms with E-state index in [1.54, 1.807) is 38.1 Å². The first kappa shape index (κ1) is 27.9. The minimum absolute atomic E-state index is 0.0197. The number of ether oxygens (including phenoxy) is 1. The SMILES string of the molecule is CCOc1nn(-c2ccccc2)c(NC(=O)N[C@@H]2CN(c3c[nH]nc3C(F)(F)F)C[C@H]2c2ccc(F)c(F)c2)c1C. The number of aromatic nitrogens is 4. The van der Waals surface area contributed by atoms with Gasteiger partial charge in [0.2, 0.25) is 5.88 Å². The molecule has 0 saturated carbocycles. The molecule has 5 rings (SSSR count). The van der Waals surface area contributed by atoms with Crippen LogP contribution in [-0.4, -0.2) is 51.7 Å². The van der Waals surface area contributed by atoms with E-state index in [-0.39, 0.29) is 18.8 Å². The Balaban J connectivity index is 1.44. The third kappa shape index (κ3) is 5.67. The number of alkyl halides is 3. The van der Waals surface area contributed by atoms with Crippen molar-refractivity contribution >= 4 is 17.5 Å². The van der Waals surface area contributed by atoms with Gasteiger partial charge in [0, 0.05) is 25.2 Å². The molecule has 3 N–H and O–H groups in total. The molecule has 1 aliphatic heterocycles. The number of halogens is 5. The molecule has 0 aliphatic carbocycles. The summed E-state index contributed by atoms with van der Waals surface area (Å²) in [5, 5.41) is 15.6. The maximum atomic E-state index is 14.1. The van der Waals surface area contributed by atoms with Crippen LogP contribution in [0, 0.1) is 18.6 Å². The fourth-order valence-corrected chi connectivity index (χ4v) is 4.93. The van der Waals surface area contributed by atoms with E-state index in [9.17, 15) is 26.7 Å². The molecule has 0 radical (unpaired) electrons. The van der Waals surface area contributed by atoms with Gasteiger partial charge in [-0.05, 0) is 43.7 Å². The molecule has 9 nitrogen and oxygen atoms in total. The summed E-state index contributed by atoms with van der Waals surface area (Å²) in [4.78, 5) is 14.7. The monoisotopic (exact) mass is 575 g/mol. The Morgan fingerprint density at radius 2 is 1.88 bits per heavy atom. The summed E-state index contributed by atoms with van der Waals surface area (Å²) >= 11 is 0. The molecule has 1 saturated heterocycles. The highest BCUT2D eigenvalue weighted by Crippen LogP contribution is 2.39. The zero-order valence-electron chi connectivity index (χ0n) is 22.0. The van der Waals surface area contributed by atoms with Crippen LogP contribution >= 0.6 is 0 Å². The number of benzene rings is 2. The quantitative estimate of drug-likeness (QED) is 0.257. The van der Waals surface area contributed by atoms with Crippen LogP contribution in [0.3, 0.4) is 0 Å². The summed E-state index contributed by atoms with van der Waals surface area (Å²) in [6.07, 6.45) is -3.61. The van der Waals surface area contributed by atoms with Gasteiger partial charge < -0.3 is 15.0 Å². The summed E-state index contributed by atoms with van der Waals surface area (Å²) in [6.45, 7) is 3.80. The molecule has 2 amide bonds. The Kier molecular flexibility index (Phi) is 7.56. The highest BCUT2D eigenvalue weighted by molar-refractivity contribution is 5.90. The highest BCUT2D eigenvalue weighted by atomic mass is 19.4. The summed E-state index contributed by atoms with van der Waals surface area (Å²) in [5.74, 6) is -2.20. The van der Waals surface area contributed by atoms with Crippen LogP contribution in [0.1, 0.15) is 29.7 Å². The number of rotatable bonds is 7. The second kappa shape index (κ2) is 11.1. The zero-order chi connectivity index (χ0) is 29.3. The largest absolute Gasteiger partial charge is 0.477 e. The van der Waals surface area contributed by atoms with Crippen LogP contribution in [0.4, 0.5) is 38.3 Å². The molecule has 0 spiro atoms. The number of hydrogen-bond acceptors (Lipinski definition) is 5. The van der Waals surface area contributed by atoms with E-state index >= 15 is 0 Å². The number of hydrogen-bond donors (Lipinski definition) is 3. The molecule has 2 aromatic carbocycles. The predicted molar refractivity (Wildman–Crippen MR) is 140 cm³/mol. The van der Waals surface area contributed by atoms with Gasteiger partial charge in [-0.2, -0.15) is 18.3 Å².